The van der Waals surface area contributed by atoms with Gasteiger partial charge < -0.3 is 25.5 Å². The first-order valence-electron chi connectivity index (χ1n) is 9.47. The molecule has 32 heavy (non-hydrogen) atoms. The predicted molar refractivity (Wildman–Crippen MR) is 116 cm³/mol. The standard InChI is InChI=1S/C22H18F3N5O2/c1-13-27-20(26)19-18(6-3-11-30(13)19)14-7-9-15(10-8-14)28-21(31)29-16-4-2-5-17(12-16)32-22(23,24)25/h2-12H,26H2,1H3,(H2,28,29,31). The number of halogens is 3. The van der Waals surface area contributed by atoms with Gasteiger partial charge >= 0.3 is 12.4 Å². The van der Waals surface area contributed by atoms with Crippen molar-refractivity contribution < 1.29 is 22.7 Å². The van der Waals surface area contributed by atoms with Gasteiger partial charge in [-0.25, -0.2) is 9.78 Å². The molecular formula is C22H18F3N5O2. The molecule has 0 bridgehead atoms. The Hall–Kier alpha value is -4.21. The highest BCUT2D eigenvalue weighted by Crippen LogP contribution is 2.30. The summed E-state index contributed by atoms with van der Waals surface area (Å²) in [6.07, 6.45) is -2.93. The number of carbonyl (C=O) groups excluding carboxylic acids is 1. The first kappa shape index (κ1) is 21.0. The number of rotatable bonds is 4. The minimum atomic E-state index is -4.81. The maximum Gasteiger partial charge on any atom is 0.573 e. The van der Waals surface area contributed by atoms with Crippen LogP contribution in [0.1, 0.15) is 5.82 Å². The fourth-order valence-corrected chi connectivity index (χ4v) is 3.35. The van der Waals surface area contributed by atoms with Gasteiger partial charge in [-0.15, -0.1) is 13.2 Å². The van der Waals surface area contributed by atoms with E-state index >= 15 is 0 Å². The topological polar surface area (TPSA) is 93.7 Å². The molecule has 4 rings (SSSR count). The number of fused-ring (bicyclic) bond motifs is 1. The molecule has 0 aliphatic carbocycles. The zero-order valence-electron chi connectivity index (χ0n) is 16.8. The van der Waals surface area contributed by atoms with Crippen LogP contribution >= 0.6 is 0 Å². The van der Waals surface area contributed by atoms with E-state index in [9.17, 15) is 18.0 Å². The van der Waals surface area contributed by atoms with E-state index in [2.05, 4.69) is 20.4 Å². The second kappa shape index (κ2) is 8.14. The minimum absolute atomic E-state index is 0.152. The van der Waals surface area contributed by atoms with Crippen LogP contribution in [-0.4, -0.2) is 21.8 Å². The van der Waals surface area contributed by atoms with Crippen molar-refractivity contribution in [2.24, 2.45) is 0 Å². The zero-order chi connectivity index (χ0) is 22.9. The molecule has 0 saturated carbocycles. The summed E-state index contributed by atoms with van der Waals surface area (Å²) in [4.78, 5) is 16.5. The summed E-state index contributed by atoms with van der Waals surface area (Å²) < 4.78 is 42.8. The average Bonchev–Trinajstić information content (AvgIpc) is 3.01. The Morgan fingerprint density at radius 3 is 2.47 bits per heavy atom. The number of carbonyl (C=O) groups is 1. The highest BCUT2D eigenvalue weighted by atomic mass is 19.4. The van der Waals surface area contributed by atoms with E-state index in [-0.39, 0.29) is 5.69 Å². The molecule has 0 aliphatic rings. The van der Waals surface area contributed by atoms with Gasteiger partial charge in [0, 0.05) is 29.2 Å². The van der Waals surface area contributed by atoms with E-state index in [1.807, 2.05) is 41.8 Å². The first-order valence-corrected chi connectivity index (χ1v) is 9.47. The molecule has 2 amide bonds. The van der Waals surface area contributed by atoms with Crippen molar-refractivity contribution in [1.29, 1.82) is 0 Å². The van der Waals surface area contributed by atoms with Crippen molar-refractivity contribution in [3.05, 3.63) is 72.7 Å². The molecule has 0 saturated heterocycles. The summed E-state index contributed by atoms with van der Waals surface area (Å²) in [5.74, 6) is 0.777. The van der Waals surface area contributed by atoms with Crippen molar-refractivity contribution >= 4 is 28.7 Å². The van der Waals surface area contributed by atoms with Gasteiger partial charge in [-0.1, -0.05) is 24.3 Å². The van der Waals surface area contributed by atoms with Crippen molar-refractivity contribution in [3.63, 3.8) is 0 Å². The number of hydrogen-bond acceptors (Lipinski definition) is 4. The lowest BCUT2D eigenvalue weighted by Gasteiger charge is -2.12. The van der Waals surface area contributed by atoms with Gasteiger partial charge in [0.1, 0.15) is 11.6 Å². The number of ether oxygens (including phenoxy) is 1. The van der Waals surface area contributed by atoms with Crippen molar-refractivity contribution in [3.8, 4) is 16.9 Å². The van der Waals surface area contributed by atoms with E-state index in [4.69, 9.17) is 5.73 Å². The Bertz CT molecular complexity index is 1280. The van der Waals surface area contributed by atoms with Crippen LogP contribution < -0.4 is 21.1 Å². The summed E-state index contributed by atoms with van der Waals surface area (Å²) in [7, 11) is 0. The highest BCUT2D eigenvalue weighted by Gasteiger charge is 2.31. The number of nitrogens with one attached hydrogen (secondary N) is 2. The van der Waals surface area contributed by atoms with E-state index in [0.29, 0.717) is 11.5 Å². The minimum Gasteiger partial charge on any atom is -0.406 e. The highest BCUT2D eigenvalue weighted by molar-refractivity contribution is 6.00. The van der Waals surface area contributed by atoms with Gasteiger partial charge in [-0.3, -0.25) is 0 Å². The number of aryl methyl sites for hydroxylation is 1. The molecule has 0 radical (unpaired) electrons. The van der Waals surface area contributed by atoms with Crippen molar-refractivity contribution in [2.75, 3.05) is 16.4 Å². The molecule has 0 spiro atoms. The number of pyridine rings is 1. The zero-order valence-corrected chi connectivity index (χ0v) is 16.8. The molecule has 0 unspecified atom stereocenters. The van der Waals surface area contributed by atoms with Crippen LogP contribution in [0.15, 0.2) is 66.9 Å². The SMILES string of the molecule is Cc1nc(N)c2c(-c3ccc(NC(=O)Nc4cccc(OC(F)(F)F)c4)cc3)cccn12. The normalized spacial score (nSPS) is 11.4. The van der Waals surface area contributed by atoms with Gasteiger partial charge in [0.2, 0.25) is 0 Å². The Balaban J connectivity index is 1.47. The molecule has 7 nitrogen and oxygen atoms in total. The molecule has 4 aromatic rings. The number of nitrogens with two attached hydrogens (primary N) is 1. The third kappa shape index (κ3) is 4.59. The van der Waals surface area contributed by atoms with Crippen molar-refractivity contribution in [1.82, 2.24) is 9.38 Å². The number of nitrogen functional groups attached to an aromatic ring is 1. The predicted octanol–water partition coefficient (Wildman–Crippen LogP) is 5.43. The summed E-state index contributed by atoms with van der Waals surface area (Å²) in [5, 5.41) is 5.11. The number of anilines is 3. The Labute approximate surface area is 180 Å². The van der Waals surface area contributed by atoms with Gasteiger partial charge in [-0.05, 0) is 42.8 Å². The van der Waals surface area contributed by atoms with Crippen LogP contribution in [-0.2, 0) is 0 Å². The molecule has 10 heteroatoms. The number of alkyl halides is 3. The van der Waals surface area contributed by atoms with E-state index < -0.39 is 18.1 Å². The lowest BCUT2D eigenvalue weighted by molar-refractivity contribution is -0.274. The van der Waals surface area contributed by atoms with Gasteiger partial charge in [0.05, 0.1) is 5.52 Å². The number of hydrogen-bond donors (Lipinski definition) is 3. The largest absolute Gasteiger partial charge is 0.573 e. The van der Waals surface area contributed by atoms with Crippen LogP contribution in [0.3, 0.4) is 0 Å². The maximum atomic E-state index is 12.4. The second-order valence-corrected chi connectivity index (χ2v) is 6.92. The van der Waals surface area contributed by atoms with Crippen LogP contribution in [0.5, 0.6) is 5.75 Å². The van der Waals surface area contributed by atoms with Crippen molar-refractivity contribution in [2.45, 2.75) is 13.3 Å². The van der Waals surface area contributed by atoms with E-state index in [1.165, 1.54) is 12.1 Å². The average molecular weight is 441 g/mol. The van der Waals surface area contributed by atoms with Gasteiger partial charge in [0.25, 0.3) is 0 Å². The number of imidazole rings is 1. The summed E-state index contributed by atoms with van der Waals surface area (Å²) in [6, 6.07) is 15.3. The molecule has 0 fully saturated rings. The number of aromatic nitrogens is 2. The summed E-state index contributed by atoms with van der Waals surface area (Å²) in [5.41, 5.74) is 9.28. The fraction of sp³-hybridized carbons (Fsp3) is 0.0909. The Morgan fingerprint density at radius 2 is 1.75 bits per heavy atom. The molecule has 0 aliphatic heterocycles. The first-order chi connectivity index (χ1) is 15.2. The van der Waals surface area contributed by atoms with E-state index in [1.54, 1.807) is 12.1 Å². The maximum absolute atomic E-state index is 12.4. The molecule has 2 heterocycles. The van der Waals surface area contributed by atoms with Gasteiger partial charge in [-0.2, -0.15) is 0 Å². The number of benzene rings is 2. The third-order valence-electron chi connectivity index (χ3n) is 4.65. The van der Waals surface area contributed by atoms with Crippen LogP contribution in [0, 0.1) is 6.92 Å². The fourth-order valence-electron chi connectivity index (χ4n) is 3.35. The van der Waals surface area contributed by atoms with Gasteiger partial charge in [0.15, 0.2) is 5.82 Å². The molecule has 2 aromatic carbocycles. The molecule has 4 N–H and O–H groups in total. The summed E-state index contributed by atoms with van der Waals surface area (Å²) >= 11 is 0. The van der Waals surface area contributed by atoms with E-state index in [0.717, 1.165) is 34.6 Å². The number of amides is 2. The lowest BCUT2D eigenvalue weighted by Crippen LogP contribution is -2.20. The molecule has 164 valence electrons. The second-order valence-electron chi connectivity index (χ2n) is 6.92. The monoisotopic (exact) mass is 441 g/mol. The number of urea groups is 1. The third-order valence-corrected chi connectivity index (χ3v) is 4.65. The van der Waals surface area contributed by atoms with Crippen LogP contribution in [0.2, 0.25) is 0 Å². The summed E-state index contributed by atoms with van der Waals surface area (Å²) in [6.45, 7) is 1.86. The number of nitrogens with zero attached hydrogens (tertiary/aromatic N) is 2. The molecule has 2 aromatic heterocycles. The molecular weight excluding hydrogens is 423 g/mol. The van der Waals surface area contributed by atoms with Crippen LogP contribution in [0.4, 0.5) is 35.2 Å². The Kier molecular flexibility index (Phi) is 5.35. The smallest absolute Gasteiger partial charge is 0.406 e. The lowest BCUT2D eigenvalue weighted by atomic mass is 10.1. The van der Waals surface area contributed by atoms with Crippen LogP contribution in [0.25, 0.3) is 16.6 Å². The molecule has 0 atom stereocenters. The quantitative estimate of drug-likeness (QED) is 0.393. The Morgan fingerprint density at radius 1 is 1.03 bits per heavy atom.